The predicted molar refractivity (Wildman–Crippen MR) is 113 cm³/mol. The molecule has 1 amide bonds. The molecule has 1 aliphatic carbocycles. The van der Waals surface area contributed by atoms with Crippen LogP contribution in [0.1, 0.15) is 51.1 Å². The van der Waals surface area contributed by atoms with Gasteiger partial charge in [0.2, 0.25) is 5.91 Å². The molecule has 28 heavy (non-hydrogen) atoms. The zero-order valence-corrected chi connectivity index (χ0v) is 17.4. The molecule has 2 N–H and O–H groups in total. The van der Waals surface area contributed by atoms with Gasteiger partial charge in [0.25, 0.3) is 0 Å². The lowest BCUT2D eigenvalue weighted by molar-refractivity contribution is -0.139. The summed E-state index contributed by atoms with van der Waals surface area (Å²) in [5, 5.41) is 6.78. The number of ether oxygens (including phenoxy) is 1. The molecule has 1 saturated carbocycles. The lowest BCUT2D eigenvalue weighted by Gasteiger charge is -2.35. The number of amides is 1. The Bertz CT molecular complexity index is 815. The summed E-state index contributed by atoms with van der Waals surface area (Å²) >= 11 is 5.42. The minimum absolute atomic E-state index is 0.0684. The van der Waals surface area contributed by atoms with Crippen LogP contribution in [0.25, 0.3) is 0 Å². The van der Waals surface area contributed by atoms with Crippen molar-refractivity contribution in [3.63, 3.8) is 0 Å². The van der Waals surface area contributed by atoms with Crippen LogP contribution in [0.3, 0.4) is 0 Å². The molecule has 1 heterocycles. The molecule has 0 aromatic heterocycles. The van der Waals surface area contributed by atoms with Crippen LogP contribution in [0.5, 0.6) is 0 Å². The lowest BCUT2D eigenvalue weighted by Crippen LogP contribution is -2.46. The third-order valence-electron chi connectivity index (χ3n) is 5.46. The fourth-order valence-corrected chi connectivity index (χ4v) is 4.04. The second kappa shape index (κ2) is 8.73. The van der Waals surface area contributed by atoms with E-state index in [0.717, 1.165) is 42.6 Å². The summed E-state index contributed by atoms with van der Waals surface area (Å²) in [6, 6.07) is 7.13. The average Bonchev–Trinajstić information content (AvgIpc) is 3.21. The SMILES string of the molecule is CCOC(=O)C1=C(C)N(C)C(=S)NC1c1cccc(NC(=O)C2CCCC2)c1. The van der Waals surface area contributed by atoms with Crippen LogP contribution >= 0.6 is 12.2 Å². The van der Waals surface area contributed by atoms with Gasteiger partial charge in [-0.2, -0.15) is 0 Å². The topological polar surface area (TPSA) is 70.7 Å². The lowest BCUT2D eigenvalue weighted by atomic mass is 9.94. The molecule has 0 saturated heterocycles. The average molecular weight is 402 g/mol. The molecule has 3 rings (SSSR count). The molecule has 6 nitrogen and oxygen atoms in total. The van der Waals surface area contributed by atoms with Crippen molar-refractivity contribution < 1.29 is 14.3 Å². The molecule has 0 bridgehead atoms. The maximum Gasteiger partial charge on any atom is 0.338 e. The van der Waals surface area contributed by atoms with Crippen LogP contribution in [-0.2, 0) is 14.3 Å². The van der Waals surface area contributed by atoms with Gasteiger partial charge in [-0.05, 0) is 56.6 Å². The molecule has 2 aliphatic rings. The van der Waals surface area contributed by atoms with E-state index in [2.05, 4.69) is 10.6 Å². The minimum atomic E-state index is -0.425. The van der Waals surface area contributed by atoms with Gasteiger partial charge in [-0.15, -0.1) is 0 Å². The fourth-order valence-electron chi connectivity index (χ4n) is 3.79. The third kappa shape index (κ3) is 4.19. The van der Waals surface area contributed by atoms with Crippen molar-refractivity contribution in [2.24, 2.45) is 5.92 Å². The van der Waals surface area contributed by atoms with Gasteiger partial charge in [-0.3, -0.25) is 4.79 Å². The zero-order chi connectivity index (χ0) is 20.3. The van der Waals surface area contributed by atoms with Crippen molar-refractivity contribution in [1.82, 2.24) is 10.2 Å². The molecule has 0 radical (unpaired) electrons. The molecule has 1 aromatic rings. The maximum atomic E-state index is 12.6. The highest BCUT2D eigenvalue weighted by molar-refractivity contribution is 7.80. The van der Waals surface area contributed by atoms with Crippen LogP contribution in [0.15, 0.2) is 35.5 Å². The summed E-state index contributed by atoms with van der Waals surface area (Å²) in [4.78, 5) is 26.9. The molecular weight excluding hydrogens is 374 g/mol. The Morgan fingerprint density at radius 1 is 1.32 bits per heavy atom. The van der Waals surface area contributed by atoms with Gasteiger partial charge in [0.1, 0.15) is 0 Å². The smallest absolute Gasteiger partial charge is 0.338 e. The zero-order valence-electron chi connectivity index (χ0n) is 16.6. The number of benzene rings is 1. The summed E-state index contributed by atoms with van der Waals surface area (Å²) in [6.45, 7) is 3.94. The van der Waals surface area contributed by atoms with E-state index in [1.165, 1.54) is 0 Å². The maximum absolute atomic E-state index is 12.6. The Kier molecular flexibility index (Phi) is 6.34. The van der Waals surface area contributed by atoms with Crippen molar-refractivity contribution >= 4 is 34.9 Å². The molecule has 150 valence electrons. The van der Waals surface area contributed by atoms with Crippen molar-refractivity contribution in [2.45, 2.75) is 45.6 Å². The van der Waals surface area contributed by atoms with E-state index < -0.39 is 6.04 Å². The molecule has 0 spiro atoms. The van der Waals surface area contributed by atoms with E-state index in [9.17, 15) is 9.59 Å². The Labute approximate surface area is 171 Å². The number of thiocarbonyl (C=S) groups is 1. The van der Waals surface area contributed by atoms with Gasteiger partial charge in [0.05, 0.1) is 18.2 Å². The summed E-state index contributed by atoms with van der Waals surface area (Å²) in [5.74, 6) is -0.207. The highest BCUT2D eigenvalue weighted by Crippen LogP contribution is 2.32. The molecular formula is C21H27N3O3S. The Hall–Kier alpha value is -2.41. The van der Waals surface area contributed by atoms with Gasteiger partial charge in [-0.1, -0.05) is 25.0 Å². The number of allylic oxidation sites excluding steroid dienone is 1. The molecule has 1 aliphatic heterocycles. The van der Waals surface area contributed by atoms with Gasteiger partial charge < -0.3 is 20.3 Å². The highest BCUT2D eigenvalue weighted by atomic mass is 32.1. The van der Waals surface area contributed by atoms with E-state index in [0.29, 0.717) is 17.3 Å². The first kappa shape index (κ1) is 20.3. The number of nitrogens with zero attached hydrogens (tertiary/aromatic N) is 1. The number of carbonyl (C=O) groups is 2. The van der Waals surface area contributed by atoms with E-state index in [1.807, 2.05) is 38.2 Å². The monoisotopic (exact) mass is 401 g/mol. The summed E-state index contributed by atoms with van der Waals surface area (Å²) in [7, 11) is 1.82. The first-order valence-corrected chi connectivity index (χ1v) is 10.2. The number of rotatable bonds is 5. The number of hydrogen-bond acceptors (Lipinski definition) is 4. The summed E-state index contributed by atoms with van der Waals surface area (Å²) < 4.78 is 5.27. The van der Waals surface area contributed by atoms with Crippen LogP contribution < -0.4 is 10.6 Å². The largest absolute Gasteiger partial charge is 0.463 e. The van der Waals surface area contributed by atoms with E-state index in [1.54, 1.807) is 11.8 Å². The minimum Gasteiger partial charge on any atom is -0.463 e. The van der Waals surface area contributed by atoms with Crippen LogP contribution in [0.4, 0.5) is 5.69 Å². The van der Waals surface area contributed by atoms with Gasteiger partial charge in [0.15, 0.2) is 5.11 Å². The number of hydrogen-bond donors (Lipinski definition) is 2. The summed E-state index contributed by atoms with van der Waals surface area (Å²) in [5.41, 5.74) is 2.86. The van der Waals surface area contributed by atoms with Crippen molar-refractivity contribution in [1.29, 1.82) is 0 Å². The second-order valence-corrected chi connectivity index (χ2v) is 7.64. The van der Waals surface area contributed by atoms with E-state index >= 15 is 0 Å². The van der Waals surface area contributed by atoms with E-state index in [4.69, 9.17) is 17.0 Å². The first-order valence-electron chi connectivity index (χ1n) is 9.75. The third-order valence-corrected chi connectivity index (χ3v) is 5.85. The van der Waals surface area contributed by atoms with Crippen LogP contribution in [0, 0.1) is 5.92 Å². The van der Waals surface area contributed by atoms with Crippen molar-refractivity contribution in [2.75, 3.05) is 19.0 Å². The first-order chi connectivity index (χ1) is 13.4. The van der Waals surface area contributed by atoms with E-state index in [-0.39, 0.29) is 17.8 Å². The van der Waals surface area contributed by atoms with Gasteiger partial charge >= 0.3 is 5.97 Å². The Balaban J connectivity index is 1.89. The predicted octanol–water partition coefficient (Wildman–Crippen LogP) is 3.51. The number of nitrogens with one attached hydrogen (secondary N) is 2. The molecule has 1 unspecified atom stereocenters. The quantitative estimate of drug-likeness (QED) is 0.581. The van der Waals surface area contributed by atoms with Gasteiger partial charge in [0, 0.05) is 24.4 Å². The number of carbonyl (C=O) groups excluding carboxylic acids is 2. The summed E-state index contributed by atoms with van der Waals surface area (Å²) in [6.07, 6.45) is 4.13. The standard InChI is InChI=1S/C21H27N3O3S/c1-4-27-20(26)17-13(2)24(3)21(28)23-18(17)15-10-7-11-16(12-15)22-19(25)14-8-5-6-9-14/h7,10-12,14,18H,4-6,8-9H2,1-3H3,(H,22,25)(H,23,28). The van der Waals surface area contributed by atoms with Crippen molar-refractivity contribution in [3.8, 4) is 0 Å². The second-order valence-electron chi connectivity index (χ2n) is 7.26. The van der Waals surface area contributed by atoms with Gasteiger partial charge in [-0.25, -0.2) is 4.79 Å². The molecule has 1 aromatic carbocycles. The molecule has 7 heteroatoms. The van der Waals surface area contributed by atoms with Crippen LogP contribution in [-0.4, -0.2) is 35.5 Å². The number of esters is 1. The highest BCUT2D eigenvalue weighted by Gasteiger charge is 2.33. The Morgan fingerprint density at radius 3 is 2.71 bits per heavy atom. The van der Waals surface area contributed by atoms with Crippen LogP contribution in [0.2, 0.25) is 0 Å². The fraction of sp³-hybridized carbons (Fsp3) is 0.476. The number of anilines is 1. The van der Waals surface area contributed by atoms with Crippen molar-refractivity contribution in [3.05, 3.63) is 41.1 Å². The Morgan fingerprint density at radius 2 is 2.04 bits per heavy atom. The molecule has 1 fully saturated rings. The molecule has 1 atom stereocenters. The normalized spacial score (nSPS) is 20.2.